The van der Waals surface area contributed by atoms with E-state index >= 15 is 0 Å². The molecule has 1 aromatic carbocycles. The molecule has 0 saturated heterocycles. The van der Waals surface area contributed by atoms with Crippen LogP contribution in [0.2, 0.25) is 0 Å². The highest BCUT2D eigenvalue weighted by molar-refractivity contribution is 5.91. The zero-order valence-electron chi connectivity index (χ0n) is 13.6. The third-order valence-corrected chi connectivity index (χ3v) is 3.32. The molecule has 0 spiro atoms. The summed E-state index contributed by atoms with van der Waals surface area (Å²) >= 11 is 0. The molecular weight excluding hydrogens is 327 g/mol. The maximum Gasteiger partial charge on any atom is 0.322 e. The lowest BCUT2D eigenvalue weighted by atomic mass is 10.3. The normalized spacial score (nSPS) is 10.5. The Bertz CT molecular complexity index is 874. The highest BCUT2D eigenvalue weighted by Gasteiger charge is 2.14. The number of benzene rings is 1. The van der Waals surface area contributed by atoms with E-state index in [0.29, 0.717) is 17.1 Å². The molecule has 0 aliphatic carbocycles. The van der Waals surface area contributed by atoms with Gasteiger partial charge < -0.3 is 10.1 Å². The number of hydrogen-bond donors (Lipinski definition) is 1. The number of amides is 1. The van der Waals surface area contributed by atoms with Gasteiger partial charge in [-0.25, -0.2) is 14.1 Å². The van der Waals surface area contributed by atoms with E-state index in [1.807, 2.05) is 0 Å². The first-order valence-corrected chi connectivity index (χ1v) is 7.43. The summed E-state index contributed by atoms with van der Waals surface area (Å²) in [5.41, 5.74) is 1.49. The van der Waals surface area contributed by atoms with Crippen molar-refractivity contribution in [1.82, 2.24) is 24.7 Å². The Morgan fingerprint density at radius 2 is 1.96 bits per heavy atom. The number of nitrogens with one attached hydrogen (secondary N) is 1. The van der Waals surface area contributed by atoms with Crippen LogP contribution in [0.3, 0.4) is 0 Å². The van der Waals surface area contributed by atoms with Gasteiger partial charge in [0, 0.05) is 0 Å². The number of carbonyl (C=O) groups excluding carboxylic acids is 1. The molecule has 0 aliphatic heterocycles. The van der Waals surface area contributed by atoms with E-state index in [-0.39, 0.29) is 24.2 Å². The van der Waals surface area contributed by atoms with Crippen molar-refractivity contribution in [3.8, 4) is 11.8 Å². The van der Waals surface area contributed by atoms with Crippen molar-refractivity contribution in [3.63, 3.8) is 0 Å². The molecule has 0 saturated carbocycles. The number of rotatable bonds is 5. The van der Waals surface area contributed by atoms with Gasteiger partial charge in [0.1, 0.15) is 19.2 Å². The van der Waals surface area contributed by atoms with Crippen molar-refractivity contribution in [3.05, 3.63) is 54.1 Å². The molecule has 128 valence electrons. The minimum absolute atomic E-state index is 0.00868. The summed E-state index contributed by atoms with van der Waals surface area (Å²) in [7, 11) is 0. The van der Waals surface area contributed by atoms with Crippen molar-refractivity contribution in [2.75, 3.05) is 5.32 Å². The molecule has 9 heteroatoms. The van der Waals surface area contributed by atoms with Gasteiger partial charge in [0.15, 0.2) is 11.6 Å². The predicted molar refractivity (Wildman–Crippen MR) is 86.6 cm³/mol. The van der Waals surface area contributed by atoms with Crippen LogP contribution >= 0.6 is 0 Å². The van der Waals surface area contributed by atoms with Gasteiger partial charge in [-0.15, -0.1) is 0 Å². The minimum atomic E-state index is -0.508. The summed E-state index contributed by atoms with van der Waals surface area (Å²) in [4.78, 5) is 24.2. The number of aryl methyl sites for hydroxylation is 2. The van der Waals surface area contributed by atoms with E-state index in [1.54, 1.807) is 26.0 Å². The average molecular weight is 342 g/mol. The van der Waals surface area contributed by atoms with E-state index in [2.05, 4.69) is 25.4 Å². The summed E-state index contributed by atoms with van der Waals surface area (Å²) in [6, 6.07) is 5.99. The molecular formula is C16H15FN6O2. The van der Waals surface area contributed by atoms with Crippen molar-refractivity contribution >= 4 is 11.6 Å². The molecule has 1 N–H and O–H groups in total. The maximum absolute atomic E-state index is 13.7. The molecule has 3 aromatic rings. The quantitative estimate of drug-likeness (QED) is 0.764. The topological polar surface area (TPSA) is 94.8 Å². The van der Waals surface area contributed by atoms with Crippen LogP contribution in [-0.2, 0) is 11.3 Å². The lowest BCUT2D eigenvalue weighted by Gasteiger charge is -2.12. The fourth-order valence-electron chi connectivity index (χ4n) is 2.18. The molecule has 8 nitrogen and oxygen atoms in total. The monoisotopic (exact) mass is 342 g/mol. The van der Waals surface area contributed by atoms with Crippen LogP contribution < -0.4 is 10.1 Å². The van der Waals surface area contributed by atoms with E-state index < -0.39 is 5.82 Å². The Morgan fingerprint density at radius 3 is 2.60 bits per heavy atom. The molecule has 0 fully saturated rings. The molecule has 2 aromatic heterocycles. The number of para-hydroxylation sites is 1. The first kappa shape index (κ1) is 16.5. The molecule has 1 amide bonds. The molecule has 2 heterocycles. The second kappa shape index (κ2) is 7.04. The van der Waals surface area contributed by atoms with Gasteiger partial charge in [0.25, 0.3) is 0 Å². The Morgan fingerprint density at radius 1 is 1.24 bits per heavy atom. The van der Waals surface area contributed by atoms with Crippen LogP contribution in [0.25, 0.3) is 0 Å². The van der Waals surface area contributed by atoms with Crippen molar-refractivity contribution in [2.24, 2.45) is 0 Å². The van der Waals surface area contributed by atoms with Crippen LogP contribution in [0, 0.1) is 19.7 Å². The number of nitrogens with zero attached hydrogens (tertiary/aromatic N) is 5. The summed E-state index contributed by atoms with van der Waals surface area (Å²) in [5, 5.41) is 6.61. The number of ether oxygens (including phenoxy) is 1. The molecule has 3 rings (SSSR count). The smallest absolute Gasteiger partial charge is 0.322 e. The highest BCUT2D eigenvalue weighted by Crippen LogP contribution is 2.25. The van der Waals surface area contributed by atoms with Crippen LogP contribution in [0.5, 0.6) is 11.8 Å². The average Bonchev–Trinajstić information content (AvgIpc) is 3.06. The zero-order valence-corrected chi connectivity index (χ0v) is 13.6. The van der Waals surface area contributed by atoms with Gasteiger partial charge in [-0.3, -0.25) is 4.79 Å². The van der Waals surface area contributed by atoms with Crippen LogP contribution in [0.15, 0.2) is 36.9 Å². The van der Waals surface area contributed by atoms with Crippen molar-refractivity contribution < 1.29 is 13.9 Å². The summed E-state index contributed by atoms with van der Waals surface area (Å²) in [6.45, 7) is 3.42. The van der Waals surface area contributed by atoms with Crippen LogP contribution in [-0.4, -0.2) is 30.6 Å². The SMILES string of the molecule is Cc1nc(Oc2ccccc2F)nc(C)c1NC(=O)Cn1cncn1. The molecule has 0 atom stereocenters. The maximum atomic E-state index is 13.7. The largest absolute Gasteiger partial charge is 0.421 e. The molecule has 0 unspecified atom stereocenters. The Balaban J connectivity index is 1.76. The first-order chi connectivity index (χ1) is 12.0. The second-order valence-electron chi connectivity index (χ2n) is 5.23. The second-order valence-corrected chi connectivity index (χ2v) is 5.23. The third kappa shape index (κ3) is 3.94. The van der Waals surface area contributed by atoms with Gasteiger partial charge in [-0.2, -0.15) is 15.1 Å². The lowest BCUT2D eigenvalue weighted by molar-refractivity contribution is -0.116. The van der Waals surface area contributed by atoms with Gasteiger partial charge in [-0.05, 0) is 26.0 Å². The predicted octanol–water partition coefficient (Wildman–Crippen LogP) is 2.26. The molecule has 0 radical (unpaired) electrons. The van der Waals surface area contributed by atoms with Gasteiger partial charge in [0.2, 0.25) is 5.91 Å². The highest BCUT2D eigenvalue weighted by atomic mass is 19.1. The van der Waals surface area contributed by atoms with E-state index in [4.69, 9.17) is 4.74 Å². The molecule has 0 aliphatic rings. The number of anilines is 1. The minimum Gasteiger partial charge on any atom is -0.421 e. The summed E-state index contributed by atoms with van der Waals surface area (Å²) < 4.78 is 20.4. The standard InChI is InChI=1S/C16H15FN6O2/c1-10-15(22-14(24)7-23-9-18-8-19-23)11(2)21-16(20-10)25-13-6-4-3-5-12(13)17/h3-6,8-9H,7H2,1-2H3,(H,22,24). The van der Waals surface area contributed by atoms with Crippen molar-refractivity contribution in [1.29, 1.82) is 0 Å². The summed E-state index contributed by atoms with van der Waals surface area (Å²) in [6.07, 6.45) is 2.79. The fraction of sp³-hybridized carbons (Fsp3) is 0.188. The number of halogens is 1. The Labute approximate surface area is 142 Å². The fourth-order valence-corrected chi connectivity index (χ4v) is 2.18. The molecule has 25 heavy (non-hydrogen) atoms. The molecule has 0 bridgehead atoms. The van der Waals surface area contributed by atoms with Gasteiger partial charge >= 0.3 is 6.01 Å². The Hall–Kier alpha value is -3.36. The first-order valence-electron chi connectivity index (χ1n) is 7.43. The lowest BCUT2D eigenvalue weighted by Crippen LogP contribution is -2.21. The van der Waals surface area contributed by atoms with Crippen LogP contribution in [0.4, 0.5) is 10.1 Å². The van der Waals surface area contributed by atoms with Crippen LogP contribution in [0.1, 0.15) is 11.4 Å². The van der Waals surface area contributed by atoms with Gasteiger partial charge in [-0.1, -0.05) is 12.1 Å². The number of aromatic nitrogens is 5. The summed E-state index contributed by atoms with van der Waals surface area (Å²) in [5.74, 6) is -0.765. The van der Waals surface area contributed by atoms with E-state index in [0.717, 1.165) is 0 Å². The number of hydrogen-bond acceptors (Lipinski definition) is 6. The zero-order chi connectivity index (χ0) is 17.8. The number of carbonyl (C=O) groups is 1. The van der Waals surface area contributed by atoms with Crippen molar-refractivity contribution in [2.45, 2.75) is 20.4 Å². The van der Waals surface area contributed by atoms with E-state index in [1.165, 1.54) is 29.5 Å². The Kier molecular flexibility index (Phi) is 4.64. The third-order valence-electron chi connectivity index (χ3n) is 3.32. The van der Waals surface area contributed by atoms with E-state index in [9.17, 15) is 9.18 Å². The van der Waals surface area contributed by atoms with Gasteiger partial charge in [0.05, 0.1) is 17.1 Å².